The lowest BCUT2D eigenvalue weighted by atomic mass is 10.1. The Morgan fingerprint density at radius 3 is 2.00 bits per heavy atom. The van der Waals surface area contributed by atoms with E-state index in [-0.39, 0.29) is 5.56 Å². The van der Waals surface area contributed by atoms with E-state index in [1.807, 2.05) is 0 Å². The number of furan rings is 1. The molecule has 0 aromatic carbocycles. The molecule has 0 spiro atoms. The van der Waals surface area contributed by atoms with Crippen LogP contribution in [0.4, 0.5) is 0 Å². The fourth-order valence-electron chi connectivity index (χ4n) is 1.93. The first kappa shape index (κ1) is 21.1. The van der Waals surface area contributed by atoms with Crippen molar-refractivity contribution in [1.82, 2.24) is 0 Å². The smallest absolute Gasteiger partial charge is 0.372 e. The lowest BCUT2D eigenvalue weighted by molar-refractivity contribution is -0.0466. The van der Waals surface area contributed by atoms with Crippen LogP contribution in [-0.2, 0) is 0 Å². The summed E-state index contributed by atoms with van der Waals surface area (Å²) in [5.74, 6) is -3.24. The van der Waals surface area contributed by atoms with Crippen molar-refractivity contribution in [3.05, 3.63) is 23.7 Å². The van der Waals surface area contributed by atoms with E-state index in [2.05, 4.69) is 11.3 Å². The Hall–Kier alpha value is -1.86. The van der Waals surface area contributed by atoms with Crippen molar-refractivity contribution in [1.29, 1.82) is 0 Å². The Kier molecular flexibility index (Phi) is 11.6. The first-order chi connectivity index (χ1) is 10.9. The number of carbonyl (C=O) groups is 2. The van der Waals surface area contributed by atoms with Crippen LogP contribution in [0.1, 0.15) is 79.2 Å². The molecule has 0 amide bonds. The van der Waals surface area contributed by atoms with Gasteiger partial charge in [0, 0.05) is 0 Å². The molecule has 23 heavy (non-hydrogen) atoms. The van der Waals surface area contributed by atoms with Crippen LogP contribution < -0.4 is 0 Å². The molecule has 0 saturated heterocycles. The third kappa shape index (κ3) is 10.5. The number of rotatable bonds is 10. The summed E-state index contributed by atoms with van der Waals surface area (Å²) < 4.78 is 4.41. The third-order valence-electron chi connectivity index (χ3n) is 3.16. The minimum Gasteiger partial charge on any atom is -0.478 e. The van der Waals surface area contributed by atoms with Gasteiger partial charge in [0.05, 0.1) is 6.26 Å². The zero-order valence-electron chi connectivity index (χ0n) is 13.4. The van der Waals surface area contributed by atoms with E-state index in [1.54, 1.807) is 0 Å². The molecule has 0 bridgehead atoms. The third-order valence-corrected chi connectivity index (χ3v) is 3.16. The summed E-state index contributed by atoms with van der Waals surface area (Å²) >= 11 is 0. The Morgan fingerprint density at radius 2 is 1.57 bits per heavy atom. The zero-order chi connectivity index (χ0) is 17.7. The highest BCUT2D eigenvalue weighted by atomic mass is 16.5. The Morgan fingerprint density at radius 1 is 1.00 bits per heavy atom. The molecule has 1 aromatic rings. The molecule has 0 unspecified atom stereocenters. The molecule has 132 valence electrons. The van der Waals surface area contributed by atoms with E-state index >= 15 is 0 Å². The van der Waals surface area contributed by atoms with E-state index < -0.39 is 24.0 Å². The van der Waals surface area contributed by atoms with Gasteiger partial charge in [0.1, 0.15) is 5.56 Å². The fourth-order valence-corrected chi connectivity index (χ4v) is 1.93. The number of aliphatic hydroxyl groups is 2. The maximum atomic E-state index is 10.3. The molecule has 7 heteroatoms. The van der Waals surface area contributed by atoms with Gasteiger partial charge in [-0.1, -0.05) is 45.4 Å². The molecule has 1 heterocycles. The lowest BCUT2D eigenvalue weighted by Gasteiger charge is -2.02. The van der Waals surface area contributed by atoms with Gasteiger partial charge >= 0.3 is 11.9 Å². The summed E-state index contributed by atoms with van der Waals surface area (Å²) in [6.07, 6.45) is 9.05. The molecule has 7 nitrogen and oxygen atoms in total. The molecule has 0 atom stereocenters. The number of aromatic carboxylic acids is 2. The first-order valence-corrected chi connectivity index (χ1v) is 7.80. The van der Waals surface area contributed by atoms with Crippen LogP contribution in [0.5, 0.6) is 0 Å². The second-order valence-electron chi connectivity index (χ2n) is 5.16. The lowest BCUT2D eigenvalue weighted by Crippen LogP contribution is -2.03. The maximum Gasteiger partial charge on any atom is 0.372 e. The van der Waals surface area contributed by atoms with Gasteiger partial charge in [-0.05, 0) is 18.9 Å². The topological polar surface area (TPSA) is 128 Å². The van der Waals surface area contributed by atoms with Gasteiger partial charge in [-0.25, -0.2) is 9.59 Å². The highest BCUT2D eigenvalue weighted by Gasteiger charge is 2.18. The predicted octanol–water partition coefficient (Wildman–Crippen LogP) is 3.11. The van der Waals surface area contributed by atoms with E-state index in [9.17, 15) is 9.59 Å². The van der Waals surface area contributed by atoms with Gasteiger partial charge in [-0.3, -0.25) is 0 Å². The Balaban J connectivity index is 0.000000422. The van der Waals surface area contributed by atoms with Crippen molar-refractivity contribution in [2.24, 2.45) is 0 Å². The number of unbranched alkanes of at least 4 members (excludes halogenated alkanes) is 6. The second-order valence-corrected chi connectivity index (χ2v) is 5.16. The van der Waals surface area contributed by atoms with Gasteiger partial charge in [-0.15, -0.1) is 0 Å². The molecule has 1 rings (SSSR count). The second kappa shape index (κ2) is 12.7. The molecular weight excluding hydrogens is 304 g/mol. The van der Waals surface area contributed by atoms with Crippen LogP contribution >= 0.6 is 0 Å². The van der Waals surface area contributed by atoms with E-state index in [4.69, 9.17) is 20.4 Å². The summed E-state index contributed by atoms with van der Waals surface area (Å²) in [5.41, 5.74) is -0.336. The van der Waals surface area contributed by atoms with Crippen molar-refractivity contribution < 1.29 is 34.4 Å². The molecule has 0 aliphatic heterocycles. The SMILES string of the molecule is CCCCCCCCCC(O)O.O=C(O)c1ccoc1C(=O)O. The van der Waals surface area contributed by atoms with E-state index in [0.29, 0.717) is 6.42 Å². The van der Waals surface area contributed by atoms with E-state index in [0.717, 1.165) is 25.2 Å². The molecule has 0 aliphatic carbocycles. The van der Waals surface area contributed by atoms with Crippen molar-refractivity contribution in [3.63, 3.8) is 0 Å². The van der Waals surface area contributed by atoms with Gasteiger partial charge in [0.15, 0.2) is 6.29 Å². The largest absolute Gasteiger partial charge is 0.478 e. The molecule has 1 aromatic heterocycles. The summed E-state index contributed by atoms with van der Waals surface area (Å²) in [4.78, 5) is 20.5. The molecule has 0 saturated carbocycles. The van der Waals surface area contributed by atoms with Crippen molar-refractivity contribution >= 4 is 11.9 Å². The maximum absolute atomic E-state index is 10.3. The minimum absolute atomic E-state index is 0.336. The fraction of sp³-hybridized carbons (Fsp3) is 0.625. The summed E-state index contributed by atoms with van der Waals surface area (Å²) in [5, 5.41) is 33.8. The zero-order valence-corrected chi connectivity index (χ0v) is 13.4. The molecule has 0 radical (unpaired) electrons. The molecule has 0 fully saturated rings. The summed E-state index contributed by atoms with van der Waals surface area (Å²) in [6, 6.07) is 1.09. The van der Waals surface area contributed by atoms with Crippen LogP contribution in [0.3, 0.4) is 0 Å². The van der Waals surface area contributed by atoms with Gasteiger partial charge in [-0.2, -0.15) is 0 Å². The normalized spacial score (nSPS) is 10.3. The van der Waals surface area contributed by atoms with Crippen molar-refractivity contribution in [2.75, 3.05) is 0 Å². The summed E-state index contributed by atoms with van der Waals surface area (Å²) in [7, 11) is 0. The molecular formula is C16H26O7. The number of hydrogen-bond donors (Lipinski definition) is 4. The van der Waals surface area contributed by atoms with Gasteiger partial charge in [0.25, 0.3) is 0 Å². The number of hydrogen-bond acceptors (Lipinski definition) is 5. The number of carboxylic acids is 2. The van der Waals surface area contributed by atoms with Crippen molar-refractivity contribution in [2.45, 2.75) is 64.6 Å². The predicted molar refractivity (Wildman–Crippen MR) is 83.5 cm³/mol. The highest BCUT2D eigenvalue weighted by molar-refractivity contribution is 5.99. The van der Waals surface area contributed by atoms with Crippen LogP contribution in [0.15, 0.2) is 16.7 Å². The van der Waals surface area contributed by atoms with Crippen LogP contribution in [-0.4, -0.2) is 38.7 Å². The standard InChI is InChI=1S/C10H22O2.C6H4O5/c1-2-3-4-5-6-7-8-9-10(11)12;7-5(8)3-1-2-11-4(3)6(9)10/h10-12H,2-9H2,1H3;1-2H,(H,7,8)(H,9,10). The molecule has 4 N–H and O–H groups in total. The highest BCUT2D eigenvalue weighted by Crippen LogP contribution is 2.10. The number of carboxylic acid groups (broad SMARTS) is 2. The quantitative estimate of drug-likeness (QED) is 0.383. The van der Waals surface area contributed by atoms with Crippen molar-refractivity contribution in [3.8, 4) is 0 Å². The minimum atomic E-state index is -1.38. The Bertz CT molecular complexity index is 423. The van der Waals surface area contributed by atoms with Crippen LogP contribution in [0, 0.1) is 0 Å². The summed E-state index contributed by atoms with van der Waals surface area (Å²) in [6.45, 7) is 2.21. The van der Waals surface area contributed by atoms with Gasteiger partial charge in [0.2, 0.25) is 5.76 Å². The monoisotopic (exact) mass is 330 g/mol. The first-order valence-electron chi connectivity index (χ1n) is 7.80. The Labute approximate surface area is 135 Å². The van der Waals surface area contributed by atoms with Gasteiger partial charge < -0.3 is 24.8 Å². The van der Waals surface area contributed by atoms with E-state index in [1.165, 1.54) is 32.1 Å². The number of aliphatic hydroxyl groups excluding tert-OH is 1. The van der Waals surface area contributed by atoms with Crippen LogP contribution in [0.2, 0.25) is 0 Å². The molecule has 0 aliphatic rings. The average molecular weight is 330 g/mol. The average Bonchev–Trinajstić information content (AvgIpc) is 2.96. The van der Waals surface area contributed by atoms with Crippen LogP contribution in [0.25, 0.3) is 0 Å².